The normalized spacial score (nSPS) is 11.0. The molecule has 8 aromatic carbocycles. The fourth-order valence-corrected chi connectivity index (χ4v) is 6.50. The maximum atomic E-state index is 2.34. The molecule has 0 aliphatic carbocycles. The number of benzene rings is 8. The van der Waals surface area contributed by atoms with E-state index in [1.807, 2.05) is 13.8 Å². The lowest BCUT2D eigenvalue weighted by atomic mass is 9.83. The van der Waals surface area contributed by atoms with Gasteiger partial charge in [-0.3, -0.25) is 0 Å². The van der Waals surface area contributed by atoms with Gasteiger partial charge in [-0.15, -0.1) is 0 Å². The lowest BCUT2D eigenvalue weighted by Gasteiger charge is -2.20. The first kappa shape index (κ1) is 27.4. The molecule has 0 nitrogen and oxygen atoms in total. The van der Waals surface area contributed by atoms with Gasteiger partial charge >= 0.3 is 0 Å². The van der Waals surface area contributed by atoms with E-state index in [-0.39, 0.29) is 0 Å². The number of rotatable bonds is 4. The summed E-state index contributed by atoms with van der Waals surface area (Å²) in [7, 11) is 0. The fourth-order valence-electron chi connectivity index (χ4n) is 6.50. The predicted octanol–water partition coefficient (Wildman–Crippen LogP) is 12.8. The van der Waals surface area contributed by atoms with Gasteiger partial charge in [0.25, 0.3) is 0 Å². The molecule has 0 spiro atoms. The maximum absolute atomic E-state index is 2.34. The van der Waals surface area contributed by atoms with Crippen LogP contribution in [0.3, 0.4) is 0 Å². The Morgan fingerprint density at radius 3 is 1.34 bits per heavy atom. The first-order chi connectivity index (χ1) is 21.8. The van der Waals surface area contributed by atoms with Crippen LogP contribution in [0.2, 0.25) is 0 Å². The Morgan fingerprint density at radius 2 is 0.705 bits per heavy atom. The van der Waals surface area contributed by atoms with Crippen molar-refractivity contribution >= 4 is 32.3 Å². The molecule has 44 heavy (non-hydrogen) atoms. The van der Waals surface area contributed by atoms with Crippen LogP contribution in [0.25, 0.3) is 76.8 Å². The van der Waals surface area contributed by atoms with Crippen molar-refractivity contribution in [3.05, 3.63) is 170 Å². The Kier molecular flexibility index (Phi) is 7.49. The molecular weight excluding hydrogens is 528 g/mol. The second-order valence-corrected chi connectivity index (χ2v) is 10.9. The molecule has 0 aliphatic heterocycles. The van der Waals surface area contributed by atoms with Gasteiger partial charge in [0.15, 0.2) is 0 Å². The van der Waals surface area contributed by atoms with Crippen LogP contribution in [0, 0.1) is 0 Å². The molecule has 8 rings (SSSR count). The van der Waals surface area contributed by atoms with E-state index in [1.165, 1.54) is 76.8 Å². The Morgan fingerprint density at radius 1 is 0.273 bits per heavy atom. The molecule has 0 saturated carbocycles. The van der Waals surface area contributed by atoms with Crippen molar-refractivity contribution in [1.82, 2.24) is 0 Å². The Labute approximate surface area is 259 Å². The summed E-state index contributed by atoms with van der Waals surface area (Å²) in [6.07, 6.45) is 0. The van der Waals surface area contributed by atoms with Crippen molar-refractivity contribution < 1.29 is 0 Å². The third-order valence-electron chi connectivity index (χ3n) is 8.47. The van der Waals surface area contributed by atoms with E-state index in [4.69, 9.17) is 0 Å². The summed E-state index contributed by atoms with van der Waals surface area (Å²) in [5, 5.41) is 7.61. The van der Waals surface area contributed by atoms with E-state index < -0.39 is 0 Å². The molecule has 0 fully saturated rings. The van der Waals surface area contributed by atoms with Crippen molar-refractivity contribution in [3.63, 3.8) is 0 Å². The molecule has 0 N–H and O–H groups in total. The summed E-state index contributed by atoms with van der Waals surface area (Å²) in [6, 6.07) is 61.7. The van der Waals surface area contributed by atoms with Crippen LogP contribution in [-0.2, 0) is 0 Å². The van der Waals surface area contributed by atoms with Gasteiger partial charge in [-0.2, -0.15) is 0 Å². The number of hydrogen-bond donors (Lipinski definition) is 0. The van der Waals surface area contributed by atoms with Crippen LogP contribution >= 0.6 is 0 Å². The Balaban J connectivity index is 0.00000153. The molecule has 0 bridgehead atoms. The average molecular weight is 563 g/mol. The molecule has 210 valence electrons. The highest BCUT2D eigenvalue weighted by molar-refractivity contribution is 6.22. The predicted molar refractivity (Wildman–Crippen MR) is 192 cm³/mol. The highest BCUT2D eigenvalue weighted by atomic mass is 14.2. The molecule has 0 aromatic heterocycles. The van der Waals surface area contributed by atoms with Gasteiger partial charge in [0.2, 0.25) is 0 Å². The molecule has 0 atom stereocenters. The lowest BCUT2D eigenvalue weighted by molar-refractivity contribution is 1.50. The second kappa shape index (κ2) is 12.0. The van der Waals surface area contributed by atoms with Crippen molar-refractivity contribution in [3.8, 4) is 44.5 Å². The molecule has 0 unspecified atom stereocenters. The van der Waals surface area contributed by atoms with Crippen LogP contribution in [0.5, 0.6) is 0 Å². The van der Waals surface area contributed by atoms with E-state index in [1.54, 1.807) is 0 Å². The van der Waals surface area contributed by atoms with E-state index in [2.05, 4.69) is 170 Å². The van der Waals surface area contributed by atoms with E-state index in [9.17, 15) is 0 Å². The van der Waals surface area contributed by atoms with Crippen LogP contribution in [0.15, 0.2) is 170 Å². The van der Waals surface area contributed by atoms with Crippen LogP contribution in [-0.4, -0.2) is 0 Å². The van der Waals surface area contributed by atoms with Crippen molar-refractivity contribution in [1.29, 1.82) is 0 Å². The van der Waals surface area contributed by atoms with Gasteiger partial charge in [0.1, 0.15) is 0 Å². The highest BCUT2D eigenvalue weighted by Gasteiger charge is 2.18. The van der Waals surface area contributed by atoms with Crippen LogP contribution in [0.4, 0.5) is 0 Å². The Hall–Kier alpha value is -5.46. The molecule has 0 saturated heterocycles. The molecule has 0 amide bonds. The number of fused-ring (bicyclic) bond motifs is 3. The minimum absolute atomic E-state index is 1.22. The first-order valence-corrected chi connectivity index (χ1v) is 15.5. The van der Waals surface area contributed by atoms with E-state index in [0.717, 1.165) is 0 Å². The molecule has 0 heteroatoms. The lowest BCUT2D eigenvalue weighted by Crippen LogP contribution is -1.92. The third kappa shape index (κ3) is 4.85. The third-order valence-corrected chi connectivity index (χ3v) is 8.47. The first-order valence-electron chi connectivity index (χ1n) is 15.5. The van der Waals surface area contributed by atoms with Gasteiger partial charge in [0, 0.05) is 0 Å². The molecule has 8 aromatic rings. The van der Waals surface area contributed by atoms with Crippen LogP contribution < -0.4 is 0 Å². The van der Waals surface area contributed by atoms with Crippen molar-refractivity contribution in [2.75, 3.05) is 0 Å². The van der Waals surface area contributed by atoms with Gasteiger partial charge in [0.05, 0.1) is 0 Å². The molecule has 0 radical (unpaired) electrons. The zero-order chi connectivity index (χ0) is 29.9. The summed E-state index contributed by atoms with van der Waals surface area (Å²) in [5.74, 6) is 0. The highest BCUT2D eigenvalue weighted by Crippen LogP contribution is 2.46. The quantitative estimate of drug-likeness (QED) is 0.187. The van der Waals surface area contributed by atoms with Crippen molar-refractivity contribution in [2.45, 2.75) is 13.8 Å². The summed E-state index contributed by atoms with van der Waals surface area (Å²) < 4.78 is 0. The zero-order valence-corrected chi connectivity index (χ0v) is 25.2. The summed E-state index contributed by atoms with van der Waals surface area (Å²) >= 11 is 0. The standard InChI is InChI=1S/C42H28.C2H6/c1-2-12-29(13-3-1)31-22-25-32(26-23-31)35-16-6-7-17-36(35)42-39-20-10-8-18-37(39)41(38-19-9-11-21-40(38)42)34-27-24-30-14-4-5-15-33(30)28-34;1-2/h1-28H;1-2H3. The average Bonchev–Trinajstić information content (AvgIpc) is 3.12. The van der Waals surface area contributed by atoms with Gasteiger partial charge < -0.3 is 0 Å². The molecule has 0 heterocycles. The summed E-state index contributed by atoms with van der Waals surface area (Å²) in [5.41, 5.74) is 10.0. The second-order valence-electron chi connectivity index (χ2n) is 10.9. The smallest absolute Gasteiger partial charge is 0.00201 e. The minimum atomic E-state index is 1.22. The van der Waals surface area contributed by atoms with Gasteiger partial charge in [-0.1, -0.05) is 178 Å². The van der Waals surface area contributed by atoms with E-state index >= 15 is 0 Å². The Bertz CT molecular complexity index is 2160. The van der Waals surface area contributed by atoms with E-state index in [0.29, 0.717) is 0 Å². The monoisotopic (exact) mass is 562 g/mol. The van der Waals surface area contributed by atoms with Crippen LogP contribution in [0.1, 0.15) is 13.8 Å². The largest absolute Gasteiger partial charge is 0.0683 e. The zero-order valence-electron chi connectivity index (χ0n) is 25.2. The number of hydrogen-bond acceptors (Lipinski definition) is 0. The fraction of sp³-hybridized carbons (Fsp3) is 0.0455. The minimum Gasteiger partial charge on any atom is -0.0683 e. The maximum Gasteiger partial charge on any atom is -0.00201 e. The molecule has 0 aliphatic rings. The SMILES string of the molecule is CC.c1ccc(-c2ccc(-c3ccccc3-c3c4ccccc4c(-c4ccc5ccccc5c4)c4ccccc34)cc2)cc1. The van der Waals surface area contributed by atoms with Crippen molar-refractivity contribution in [2.24, 2.45) is 0 Å². The summed E-state index contributed by atoms with van der Waals surface area (Å²) in [6.45, 7) is 4.00. The molecular formula is C44H34. The summed E-state index contributed by atoms with van der Waals surface area (Å²) in [4.78, 5) is 0. The van der Waals surface area contributed by atoms with Gasteiger partial charge in [-0.25, -0.2) is 0 Å². The van der Waals surface area contributed by atoms with Gasteiger partial charge in [-0.05, 0) is 82.9 Å². The topological polar surface area (TPSA) is 0 Å².